The van der Waals surface area contributed by atoms with Crippen molar-refractivity contribution in [3.63, 3.8) is 0 Å². The number of ether oxygens (including phenoxy) is 1. The molecular formula is C26H19F3O3S. The third kappa shape index (κ3) is 3.76. The number of fused-ring (bicyclic) bond motifs is 3. The van der Waals surface area contributed by atoms with Gasteiger partial charge >= 0.3 is 5.51 Å². The Morgan fingerprint density at radius 2 is 1.64 bits per heavy atom. The molecule has 0 fully saturated rings. The van der Waals surface area contributed by atoms with Gasteiger partial charge in [0, 0.05) is 11.5 Å². The van der Waals surface area contributed by atoms with Crippen LogP contribution in [0.2, 0.25) is 0 Å². The first kappa shape index (κ1) is 21.5. The molecule has 0 saturated heterocycles. The first-order chi connectivity index (χ1) is 15.8. The highest BCUT2D eigenvalue weighted by Crippen LogP contribution is 2.46. The second kappa shape index (κ2) is 7.92. The molecule has 1 atom stereocenters. The standard InChI is InChI=1S/C26H19F3O3S/c27-26(28,29)33(30,31)20-12-10-19(11-13-20)32-24-15-14-22-21-9-5-4-8-18(21)16-23(22)25(24)17-6-2-1-3-7-17/h1-6,8-15,17H,7,16H2. The van der Waals surface area contributed by atoms with Crippen LogP contribution in [-0.4, -0.2) is 13.9 Å². The van der Waals surface area contributed by atoms with Gasteiger partial charge in [-0.05, 0) is 65.4 Å². The number of hydrogen-bond donors (Lipinski definition) is 0. The van der Waals surface area contributed by atoms with Crippen molar-refractivity contribution in [1.82, 2.24) is 0 Å². The van der Waals surface area contributed by atoms with Crippen molar-refractivity contribution >= 4 is 9.84 Å². The maximum Gasteiger partial charge on any atom is 0.501 e. The van der Waals surface area contributed by atoms with Gasteiger partial charge in [-0.3, -0.25) is 0 Å². The lowest BCUT2D eigenvalue weighted by Crippen LogP contribution is -2.23. The Kier molecular flexibility index (Phi) is 5.16. The summed E-state index contributed by atoms with van der Waals surface area (Å²) in [6, 6.07) is 16.5. The van der Waals surface area contributed by atoms with Crippen LogP contribution in [0.25, 0.3) is 11.1 Å². The van der Waals surface area contributed by atoms with Crippen LogP contribution in [0.3, 0.4) is 0 Å². The summed E-state index contributed by atoms with van der Waals surface area (Å²) in [5, 5.41) is 0. The molecule has 33 heavy (non-hydrogen) atoms. The van der Waals surface area contributed by atoms with Gasteiger partial charge in [-0.25, -0.2) is 8.42 Å². The van der Waals surface area contributed by atoms with E-state index in [4.69, 9.17) is 4.74 Å². The number of alkyl halides is 3. The van der Waals surface area contributed by atoms with Gasteiger partial charge in [-0.15, -0.1) is 0 Å². The average molecular weight is 468 g/mol. The van der Waals surface area contributed by atoms with E-state index in [2.05, 4.69) is 24.3 Å². The number of halogens is 3. The molecule has 3 aromatic rings. The van der Waals surface area contributed by atoms with E-state index in [1.54, 1.807) is 0 Å². The summed E-state index contributed by atoms with van der Waals surface area (Å²) >= 11 is 0. The molecule has 3 aromatic carbocycles. The van der Waals surface area contributed by atoms with Gasteiger partial charge in [-0.2, -0.15) is 13.2 Å². The smallest absolute Gasteiger partial charge is 0.457 e. The lowest BCUT2D eigenvalue weighted by atomic mass is 9.86. The van der Waals surface area contributed by atoms with Gasteiger partial charge in [0.1, 0.15) is 11.5 Å². The zero-order chi connectivity index (χ0) is 23.2. The van der Waals surface area contributed by atoms with E-state index >= 15 is 0 Å². The lowest BCUT2D eigenvalue weighted by molar-refractivity contribution is -0.0436. The third-order valence-corrected chi connectivity index (χ3v) is 7.51. The number of benzene rings is 3. The van der Waals surface area contributed by atoms with Crippen molar-refractivity contribution in [2.45, 2.75) is 29.2 Å². The predicted molar refractivity (Wildman–Crippen MR) is 120 cm³/mol. The van der Waals surface area contributed by atoms with Gasteiger partial charge in [0.15, 0.2) is 0 Å². The molecule has 0 heterocycles. The molecule has 5 rings (SSSR count). The second-order valence-corrected chi connectivity index (χ2v) is 9.96. The molecule has 0 bridgehead atoms. The molecule has 0 spiro atoms. The summed E-state index contributed by atoms with van der Waals surface area (Å²) in [4.78, 5) is -0.813. The van der Waals surface area contributed by atoms with Gasteiger partial charge < -0.3 is 4.74 Å². The average Bonchev–Trinajstić information content (AvgIpc) is 3.18. The summed E-state index contributed by atoms with van der Waals surface area (Å²) in [7, 11) is -5.40. The zero-order valence-corrected chi connectivity index (χ0v) is 18.2. The molecule has 2 aliphatic rings. The molecule has 0 radical (unpaired) electrons. The van der Waals surface area contributed by atoms with Crippen LogP contribution in [0.4, 0.5) is 13.2 Å². The number of hydrogen-bond acceptors (Lipinski definition) is 3. The fourth-order valence-corrected chi connectivity index (χ4v) is 5.21. The largest absolute Gasteiger partial charge is 0.501 e. The minimum atomic E-state index is -5.40. The highest BCUT2D eigenvalue weighted by Gasteiger charge is 2.46. The van der Waals surface area contributed by atoms with Crippen molar-refractivity contribution in [3.05, 3.63) is 102 Å². The van der Waals surface area contributed by atoms with E-state index in [-0.39, 0.29) is 11.7 Å². The maximum absolute atomic E-state index is 12.8. The van der Waals surface area contributed by atoms with Crippen molar-refractivity contribution in [2.24, 2.45) is 0 Å². The first-order valence-corrected chi connectivity index (χ1v) is 11.9. The van der Waals surface area contributed by atoms with Crippen molar-refractivity contribution in [1.29, 1.82) is 0 Å². The zero-order valence-electron chi connectivity index (χ0n) is 17.3. The normalized spacial score (nSPS) is 17.0. The van der Waals surface area contributed by atoms with Crippen molar-refractivity contribution in [3.8, 4) is 22.6 Å². The Bertz CT molecular complexity index is 1390. The Morgan fingerprint density at radius 1 is 0.879 bits per heavy atom. The van der Waals surface area contributed by atoms with E-state index in [1.165, 1.54) is 28.8 Å². The molecule has 1 unspecified atom stereocenters. The first-order valence-electron chi connectivity index (χ1n) is 10.4. The van der Waals surface area contributed by atoms with Crippen LogP contribution in [0.15, 0.2) is 89.9 Å². The third-order valence-electron chi connectivity index (χ3n) is 6.01. The van der Waals surface area contributed by atoms with Gasteiger partial charge in [0.2, 0.25) is 0 Å². The molecule has 0 amide bonds. The minimum Gasteiger partial charge on any atom is -0.457 e. The van der Waals surface area contributed by atoms with Gasteiger partial charge in [0.05, 0.1) is 4.90 Å². The van der Waals surface area contributed by atoms with E-state index in [1.807, 2.05) is 36.4 Å². The summed E-state index contributed by atoms with van der Waals surface area (Å²) in [5.41, 5.74) is 0.451. The summed E-state index contributed by atoms with van der Waals surface area (Å²) in [6.45, 7) is 0. The fraction of sp³-hybridized carbons (Fsp3) is 0.154. The fourth-order valence-electron chi connectivity index (χ4n) is 4.45. The second-order valence-electron chi connectivity index (χ2n) is 8.02. The predicted octanol–water partition coefficient (Wildman–Crippen LogP) is 6.94. The molecule has 0 saturated carbocycles. The molecule has 0 aliphatic heterocycles. The van der Waals surface area contributed by atoms with Crippen LogP contribution < -0.4 is 4.74 Å². The molecule has 0 N–H and O–H groups in total. The van der Waals surface area contributed by atoms with E-state index in [0.29, 0.717) is 5.75 Å². The van der Waals surface area contributed by atoms with Crippen LogP contribution in [0, 0.1) is 0 Å². The van der Waals surface area contributed by atoms with Crippen LogP contribution >= 0.6 is 0 Å². The Labute approximate surface area is 189 Å². The highest BCUT2D eigenvalue weighted by molar-refractivity contribution is 7.92. The number of rotatable bonds is 4. The molecule has 168 valence electrons. The Balaban J connectivity index is 1.53. The lowest BCUT2D eigenvalue weighted by Gasteiger charge is -2.22. The number of sulfone groups is 1. The highest BCUT2D eigenvalue weighted by atomic mass is 32.2. The Hall–Kier alpha value is -3.32. The molecule has 0 aromatic heterocycles. The molecule has 3 nitrogen and oxygen atoms in total. The van der Waals surface area contributed by atoms with Crippen molar-refractivity contribution < 1.29 is 26.3 Å². The van der Waals surface area contributed by atoms with Crippen LogP contribution in [-0.2, 0) is 16.3 Å². The monoisotopic (exact) mass is 468 g/mol. The Morgan fingerprint density at radius 3 is 2.33 bits per heavy atom. The summed E-state index contributed by atoms with van der Waals surface area (Å²) < 4.78 is 67.9. The minimum absolute atomic E-state index is 0.0964. The quantitative estimate of drug-likeness (QED) is 0.326. The maximum atomic E-state index is 12.8. The van der Waals surface area contributed by atoms with Crippen molar-refractivity contribution in [2.75, 3.05) is 0 Å². The van der Waals surface area contributed by atoms with Gasteiger partial charge in [0.25, 0.3) is 9.84 Å². The molecule has 2 aliphatic carbocycles. The molecule has 7 heteroatoms. The van der Waals surface area contributed by atoms with Gasteiger partial charge in [-0.1, -0.05) is 54.6 Å². The SMILES string of the molecule is O=S(=O)(c1ccc(Oc2ccc3c(c2C2C=CC=CC2)Cc2ccccc2-3)cc1)C(F)(F)F. The van der Waals surface area contributed by atoms with E-state index in [0.717, 1.165) is 36.1 Å². The van der Waals surface area contributed by atoms with E-state index in [9.17, 15) is 21.6 Å². The summed E-state index contributed by atoms with van der Waals surface area (Å²) in [5.74, 6) is 0.972. The summed E-state index contributed by atoms with van der Waals surface area (Å²) in [6.07, 6.45) is 9.78. The topological polar surface area (TPSA) is 43.4 Å². The van der Waals surface area contributed by atoms with Crippen LogP contribution in [0.5, 0.6) is 11.5 Å². The number of allylic oxidation sites excluding steroid dienone is 4. The molecular weight excluding hydrogens is 449 g/mol. The van der Waals surface area contributed by atoms with E-state index < -0.39 is 20.2 Å². The van der Waals surface area contributed by atoms with Crippen LogP contribution in [0.1, 0.15) is 29.0 Å².